The molecule has 1 aromatic rings. The Kier molecular flexibility index (Phi) is 7.33. The van der Waals surface area contributed by atoms with Crippen molar-refractivity contribution in [1.29, 1.82) is 0 Å². The number of rotatable bonds is 6. The van der Waals surface area contributed by atoms with E-state index >= 15 is 0 Å². The standard InChI is InChI=1S/C21H34FN5/c1-3-23-21(25-18-7-5-6-8-18)24-16-17-9-10-20(19(22)15-17)27-13-11-26(4-2)12-14-27/h9-10,15,18H,3-8,11-14,16H2,1-2H3,(H2,23,24,25). The molecule has 2 fully saturated rings. The highest BCUT2D eigenvalue weighted by molar-refractivity contribution is 5.80. The second-order valence-electron chi connectivity index (χ2n) is 7.53. The van der Waals surface area contributed by atoms with E-state index in [1.54, 1.807) is 6.07 Å². The zero-order valence-electron chi connectivity index (χ0n) is 16.8. The maximum absolute atomic E-state index is 14.7. The first-order chi connectivity index (χ1) is 13.2. The number of likely N-dealkylation sites (N-methyl/N-ethyl adjacent to an activating group) is 1. The SMILES string of the molecule is CCNC(=NCc1ccc(N2CCN(CC)CC2)c(F)c1)NC1CCCC1. The van der Waals surface area contributed by atoms with Gasteiger partial charge in [0.1, 0.15) is 5.82 Å². The molecule has 2 aliphatic rings. The van der Waals surface area contributed by atoms with Crippen molar-refractivity contribution in [3.63, 3.8) is 0 Å². The average molecular weight is 376 g/mol. The highest BCUT2D eigenvalue weighted by Gasteiger charge is 2.19. The summed E-state index contributed by atoms with van der Waals surface area (Å²) in [5.74, 6) is 0.700. The number of piperazine rings is 1. The number of anilines is 1. The maximum Gasteiger partial charge on any atom is 0.191 e. The smallest absolute Gasteiger partial charge is 0.191 e. The Bertz CT molecular complexity index is 619. The number of benzene rings is 1. The van der Waals surface area contributed by atoms with Gasteiger partial charge in [-0.15, -0.1) is 0 Å². The topological polar surface area (TPSA) is 42.9 Å². The van der Waals surface area contributed by atoms with E-state index in [0.717, 1.165) is 56.5 Å². The summed E-state index contributed by atoms with van der Waals surface area (Å²) >= 11 is 0. The lowest BCUT2D eigenvalue weighted by molar-refractivity contribution is 0.270. The van der Waals surface area contributed by atoms with Crippen LogP contribution in [0.4, 0.5) is 10.1 Å². The summed E-state index contributed by atoms with van der Waals surface area (Å²) in [4.78, 5) is 9.21. The summed E-state index contributed by atoms with van der Waals surface area (Å²) in [5, 5.41) is 6.81. The van der Waals surface area contributed by atoms with Crippen LogP contribution < -0.4 is 15.5 Å². The third-order valence-electron chi connectivity index (χ3n) is 5.63. The Labute approximate surface area is 163 Å². The van der Waals surface area contributed by atoms with E-state index < -0.39 is 0 Å². The molecule has 27 heavy (non-hydrogen) atoms. The van der Waals surface area contributed by atoms with Crippen LogP contribution in [0.15, 0.2) is 23.2 Å². The lowest BCUT2D eigenvalue weighted by Gasteiger charge is -2.35. The van der Waals surface area contributed by atoms with E-state index in [-0.39, 0.29) is 5.82 Å². The molecule has 0 bridgehead atoms. The number of halogens is 1. The minimum Gasteiger partial charge on any atom is -0.367 e. The molecule has 3 rings (SSSR count). The Morgan fingerprint density at radius 1 is 1.15 bits per heavy atom. The minimum atomic E-state index is -0.138. The van der Waals surface area contributed by atoms with Crippen molar-refractivity contribution in [1.82, 2.24) is 15.5 Å². The van der Waals surface area contributed by atoms with Crippen LogP contribution in [-0.4, -0.2) is 56.2 Å². The zero-order chi connectivity index (χ0) is 19.1. The summed E-state index contributed by atoms with van der Waals surface area (Å²) in [6.45, 7) is 10.4. The molecule has 0 radical (unpaired) electrons. The fraction of sp³-hybridized carbons (Fsp3) is 0.667. The maximum atomic E-state index is 14.7. The van der Waals surface area contributed by atoms with Crippen LogP contribution in [0, 0.1) is 5.82 Å². The molecule has 0 atom stereocenters. The molecule has 5 nitrogen and oxygen atoms in total. The second kappa shape index (κ2) is 9.93. The summed E-state index contributed by atoms with van der Waals surface area (Å²) in [7, 11) is 0. The number of hydrogen-bond donors (Lipinski definition) is 2. The molecular weight excluding hydrogens is 341 g/mol. The molecule has 1 saturated carbocycles. The van der Waals surface area contributed by atoms with E-state index in [0.29, 0.717) is 12.6 Å². The Morgan fingerprint density at radius 2 is 1.89 bits per heavy atom. The molecule has 1 aliphatic carbocycles. The van der Waals surface area contributed by atoms with Crippen LogP contribution in [0.2, 0.25) is 0 Å². The Morgan fingerprint density at radius 3 is 2.52 bits per heavy atom. The van der Waals surface area contributed by atoms with E-state index in [2.05, 4.69) is 39.3 Å². The van der Waals surface area contributed by atoms with Gasteiger partial charge >= 0.3 is 0 Å². The van der Waals surface area contributed by atoms with Gasteiger partial charge in [0.2, 0.25) is 0 Å². The van der Waals surface area contributed by atoms with Crippen molar-refractivity contribution in [3.8, 4) is 0 Å². The lowest BCUT2D eigenvalue weighted by Crippen LogP contribution is -2.46. The quantitative estimate of drug-likeness (QED) is 0.593. The van der Waals surface area contributed by atoms with Crippen LogP contribution in [0.1, 0.15) is 45.1 Å². The molecule has 0 aromatic heterocycles. The number of aliphatic imine (C=N–C) groups is 1. The summed E-state index contributed by atoms with van der Waals surface area (Å²) < 4.78 is 14.7. The summed E-state index contributed by atoms with van der Waals surface area (Å²) in [6.07, 6.45) is 4.99. The van der Waals surface area contributed by atoms with Gasteiger partial charge in [0.15, 0.2) is 5.96 Å². The molecular formula is C21H34FN5. The number of nitrogens with one attached hydrogen (secondary N) is 2. The van der Waals surface area contributed by atoms with E-state index in [1.165, 1.54) is 25.7 Å². The fourth-order valence-electron chi connectivity index (χ4n) is 3.96. The largest absolute Gasteiger partial charge is 0.367 e. The third kappa shape index (κ3) is 5.58. The molecule has 1 aromatic carbocycles. The Balaban J connectivity index is 1.60. The molecule has 0 amide bonds. The molecule has 6 heteroatoms. The summed E-state index contributed by atoms with van der Waals surface area (Å²) in [6, 6.07) is 6.08. The molecule has 2 N–H and O–H groups in total. The van der Waals surface area contributed by atoms with Gasteiger partial charge in [0, 0.05) is 38.8 Å². The molecule has 1 aliphatic heterocycles. The first-order valence-electron chi connectivity index (χ1n) is 10.5. The normalized spacial score (nSPS) is 19.5. The Hall–Kier alpha value is -1.82. The third-order valence-corrected chi connectivity index (χ3v) is 5.63. The monoisotopic (exact) mass is 375 g/mol. The van der Waals surface area contributed by atoms with Crippen LogP contribution in [0.25, 0.3) is 0 Å². The fourth-order valence-corrected chi connectivity index (χ4v) is 3.96. The molecule has 0 unspecified atom stereocenters. The molecule has 1 heterocycles. The van der Waals surface area contributed by atoms with Gasteiger partial charge in [0.25, 0.3) is 0 Å². The summed E-state index contributed by atoms with van der Waals surface area (Å²) in [5.41, 5.74) is 1.63. The molecule has 1 saturated heterocycles. The molecule has 0 spiro atoms. The first kappa shape index (κ1) is 19.9. The van der Waals surface area contributed by atoms with Crippen molar-refractivity contribution >= 4 is 11.6 Å². The highest BCUT2D eigenvalue weighted by Crippen LogP contribution is 2.22. The van der Waals surface area contributed by atoms with E-state index in [1.807, 2.05) is 12.1 Å². The van der Waals surface area contributed by atoms with E-state index in [4.69, 9.17) is 0 Å². The van der Waals surface area contributed by atoms with Crippen LogP contribution in [0.3, 0.4) is 0 Å². The predicted octanol–water partition coefficient (Wildman–Crippen LogP) is 2.97. The second-order valence-corrected chi connectivity index (χ2v) is 7.53. The van der Waals surface area contributed by atoms with Gasteiger partial charge in [-0.25, -0.2) is 9.38 Å². The van der Waals surface area contributed by atoms with Crippen LogP contribution >= 0.6 is 0 Å². The minimum absolute atomic E-state index is 0.138. The number of nitrogens with zero attached hydrogens (tertiary/aromatic N) is 3. The lowest BCUT2D eigenvalue weighted by atomic mass is 10.1. The van der Waals surface area contributed by atoms with Gasteiger partial charge in [-0.2, -0.15) is 0 Å². The van der Waals surface area contributed by atoms with Crippen molar-refractivity contribution in [2.24, 2.45) is 4.99 Å². The number of hydrogen-bond acceptors (Lipinski definition) is 3. The average Bonchev–Trinajstić information content (AvgIpc) is 3.20. The van der Waals surface area contributed by atoms with Gasteiger partial charge in [-0.05, 0) is 44.0 Å². The van der Waals surface area contributed by atoms with Gasteiger partial charge in [0.05, 0.1) is 12.2 Å². The number of guanidine groups is 1. The van der Waals surface area contributed by atoms with Crippen molar-refractivity contribution in [3.05, 3.63) is 29.6 Å². The van der Waals surface area contributed by atoms with Gasteiger partial charge < -0.3 is 20.4 Å². The van der Waals surface area contributed by atoms with Crippen LogP contribution in [-0.2, 0) is 6.54 Å². The predicted molar refractivity (Wildman–Crippen MR) is 111 cm³/mol. The zero-order valence-corrected chi connectivity index (χ0v) is 16.8. The highest BCUT2D eigenvalue weighted by atomic mass is 19.1. The van der Waals surface area contributed by atoms with Crippen molar-refractivity contribution in [2.75, 3.05) is 44.2 Å². The first-order valence-corrected chi connectivity index (χ1v) is 10.5. The molecule has 150 valence electrons. The van der Waals surface area contributed by atoms with Crippen LogP contribution in [0.5, 0.6) is 0 Å². The van der Waals surface area contributed by atoms with E-state index in [9.17, 15) is 4.39 Å². The van der Waals surface area contributed by atoms with Gasteiger partial charge in [-0.1, -0.05) is 25.8 Å². The van der Waals surface area contributed by atoms with Crippen molar-refractivity contribution in [2.45, 2.75) is 52.1 Å². The van der Waals surface area contributed by atoms with Crippen molar-refractivity contribution < 1.29 is 4.39 Å². The van der Waals surface area contributed by atoms with Gasteiger partial charge in [-0.3, -0.25) is 0 Å².